The zero-order valence-corrected chi connectivity index (χ0v) is 9.86. The van der Waals surface area contributed by atoms with Crippen LogP contribution < -0.4 is 0 Å². The molecule has 2 rings (SSSR count). The summed E-state index contributed by atoms with van der Waals surface area (Å²) in [6.07, 6.45) is 0. The van der Waals surface area contributed by atoms with E-state index in [2.05, 4.69) is 0 Å². The molecule has 0 bridgehead atoms. The maximum atomic E-state index is 11.7. The monoisotopic (exact) mass is 276 g/mol. The van der Waals surface area contributed by atoms with Gasteiger partial charge in [0.2, 0.25) is 5.24 Å². The first-order valence-corrected chi connectivity index (χ1v) is 5.33. The summed E-state index contributed by atoms with van der Waals surface area (Å²) < 4.78 is 0. The fourth-order valence-corrected chi connectivity index (χ4v) is 2.43. The van der Waals surface area contributed by atoms with Crippen molar-refractivity contribution in [1.82, 2.24) is 0 Å². The Morgan fingerprint density at radius 2 is 1.75 bits per heavy atom. The van der Waals surface area contributed by atoms with Crippen LogP contribution in [-0.4, -0.2) is 16.8 Å². The molecular weight excluding hydrogens is 274 g/mol. The zero-order valence-electron chi connectivity index (χ0n) is 7.59. The van der Waals surface area contributed by atoms with Crippen LogP contribution in [-0.2, 0) is 4.79 Å². The van der Waals surface area contributed by atoms with Gasteiger partial charge in [0.15, 0.2) is 17.5 Å². The minimum absolute atomic E-state index is 0.0232. The highest BCUT2D eigenvalue weighted by molar-refractivity contribution is 6.69. The van der Waals surface area contributed by atoms with E-state index in [-0.39, 0.29) is 21.2 Å². The van der Waals surface area contributed by atoms with Gasteiger partial charge in [0.25, 0.3) is 0 Å². The summed E-state index contributed by atoms with van der Waals surface area (Å²) in [4.78, 5) is 34.4. The molecule has 0 fully saturated rings. The Morgan fingerprint density at radius 1 is 1.12 bits per heavy atom. The average molecular weight is 277 g/mol. The molecule has 0 aliphatic heterocycles. The Bertz CT molecular complexity index is 536. The molecule has 0 heterocycles. The summed E-state index contributed by atoms with van der Waals surface area (Å²) >= 11 is 16.7. The van der Waals surface area contributed by atoms with Crippen LogP contribution in [0.5, 0.6) is 0 Å². The maximum Gasteiger partial charge on any atom is 0.240 e. The lowest BCUT2D eigenvalue weighted by molar-refractivity contribution is -0.112. The second kappa shape index (κ2) is 3.84. The van der Waals surface area contributed by atoms with E-state index >= 15 is 0 Å². The SMILES string of the molecule is O=C(Cl)C1C(=O)c2cc(Cl)cc(Cl)c2C1=O. The van der Waals surface area contributed by atoms with Gasteiger partial charge < -0.3 is 0 Å². The molecule has 0 radical (unpaired) electrons. The van der Waals surface area contributed by atoms with Gasteiger partial charge in [-0.1, -0.05) is 23.2 Å². The molecule has 82 valence electrons. The van der Waals surface area contributed by atoms with Crippen molar-refractivity contribution in [2.24, 2.45) is 5.92 Å². The van der Waals surface area contributed by atoms with E-state index in [9.17, 15) is 14.4 Å². The predicted molar refractivity (Wildman–Crippen MR) is 59.5 cm³/mol. The predicted octanol–water partition coefficient (Wildman–Crippen LogP) is 2.75. The third kappa shape index (κ3) is 1.56. The van der Waals surface area contributed by atoms with Gasteiger partial charge in [0, 0.05) is 16.1 Å². The fourth-order valence-electron chi connectivity index (χ4n) is 1.64. The number of rotatable bonds is 1. The third-order valence-corrected chi connectivity index (χ3v) is 3.05. The van der Waals surface area contributed by atoms with E-state index in [1.165, 1.54) is 12.1 Å². The Hall–Kier alpha value is -0.900. The number of hydrogen-bond acceptors (Lipinski definition) is 3. The van der Waals surface area contributed by atoms with Crippen LogP contribution in [0.15, 0.2) is 12.1 Å². The van der Waals surface area contributed by atoms with Crippen LogP contribution in [0.2, 0.25) is 10.0 Å². The Morgan fingerprint density at radius 3 is 2.31 bits per heavy atom. The van der Waals surface area contributed by atoms with Crippen LogP contribution in [0.1, 0.15) is 20.7 Å². The van der Waals surface area contributed by atoms with Crippen molar-refractivity contribution < 1.29 is 14.4 Å². The summed E-state index contributed by atoms with van der Waals surface area (Å²) in [5, 5.41) is -0.716. The van der Waals surface area contributed by atoms with Crippen LogP contribution in [0.3, 0.4) is 0 Å². The van der Waals surface area contributed by atoms with Crippen molar-refractivity contribution in [2.75, 3.05) is 0 Å². The van der Waals surface area contributed by atoms with Gasteiger partial charge in [-0.25, -0.2) is 0 Å². The van der Waals surface area contributed by atoms with Gasteiger partial charge in [0.1, 0.15) is 0 Å². The summed E-state index contributed by atoms with van der Waals surface area (Å²) in [5.41, 5.74) is 0.0802. The number of hydrogen-bond donors (Lipinski definition) is 0. The van der Waals surface area contributed by atoms with Crippen molar-refractivity contribution in [3.63, 3.8) is 0 Å². The van der Waals surface area contributed by atoms with Crippen LogP contribution >= 0.6 is 34.8 Å². The minimum Gasteiger partial charge on any atom is -0.293 e. The molecular formula is C10H3Cl3O3. The number of Topliss-reactive ketones (excluding diaryl/α,β-unsaturated/α-hetero) is 2. The van der Waals surface area contributed by atoms with Crippen molar-refractivity contribution in [3.8, 4) is 0 Å². The molecule has 0 spiro atoms. The van der Waals surface area contributed by atoms with Crippen LogP contribution in [0, 0.1) is 5.92 Å². The third-order valence-electron chi connectivity index (χ3n) is 2.32. The summed E-state index contributed by atoms with van der Waals surface area (Å²) in [6.45, 7) is 0. The van der Waals surface area contributed by atoms with E-state index in [1.54, 1.807) is 0 Å². The first-order valence-electron chi connectivity index (χ1n) is 4.20. The lowest BCUT2D eigenvalue weighted by Crippen LogP contribution is -2.21. The van der Waals surface area contributed by atoms with Gasteiger partial charge in [-0.15, -0.1) is 0 Å². The molecule has 1 unspecified atom stereocenters. The molecule has 3 nitrogen and oxygen atoms in total. The highest BCUT2D eigenvalue weighted by Gasteiger charge is 2.44. The van der Waals surface area contributed by atoms with Crippen molar-refractivity contribution >= 4 is 51.6 Å². The topological polar surface area (TPSA) is 51.2 Å². The fraction of sp³-hybridized carbons (Fsp3) is 0.100. The zero-order chi connectivity index (χ0) is 12.0. The molecule has 1 aromatic rings. The second-order valence-electron chi connectivity index (χ2n) is 3.28. The number of halogens is 3. The van der Waals surface area contributed by atoms with Crippen LogP contribution in [0.25, 0.3) is 0 Å². The first kappa shape index (κ1) is 11.6. The Labute approximate surface area is 105 Å². The molecule has 0 saturated carbocycles. The molecule has 0 amide bonds. The summed E-state index contributed by atoms with van der Waals surface area (Å²) in [6, 6.07) is 2.65. The number of carbonyl (C=O) groups excluding carboxylic acids is 3. The number of ketones is 2. The molecule has 1 aliphatic rings. The Kier molecular flexibility index (Phi) is 2.78. The molecule has 0 aromatic heterocycles. The molecule has 1 aliphatic carbocycles. The van der Waals surface area contributed by atoms with Gasteiger partial charge in [-0.2, -0.15) is 0 Å². The normalized spacial score (nSPS) is 18.8. The van der Waals surface area contributed by atoms with Gasteiger partial charge in [-0.05, 0) is 23.7 Å². The summed E-state index contributed by atoms with van der Waals surface area (Å²) in [7, 11) is 0. The van der Waals surface area contributed by atoms with Gasteiger partial charge in [-0.3, -0.25) is 14.4 Å². The quantitative estimate of drug-likeness (QED) is 0.586. The van der Waals surface area contributed by atoms with Crippen molar-refractivity contribution in [1.29, 1.82) is 0 Å². The van der Waals surface area contributed by atoms with E-state index in [1.807, 2.05) is 0 Å². The highest BCUT2D eigenvalue weighted by atomic mass is 35.5. The molecule has 0 saturated heterocycles. The highest BCUT2D eigenvalue weighted by Crippen LogP contribution is 2.35. The maximum absolute atomic E-state index is 11.7. The van der Waals surface area contributed by atoms with E-state index < -0.39 is 22.7 Å². The standard InChI is InChI=1S/C10H3Cl3O3/c11-3-1-4-6(5(12)2-3)9(15)7(8(4)14)10(13)16/h1-2,7H. The molecule has 1 aromatic carbocycles. The van der Waals surface area contributed by atoms with E-state index in [0.29, 0.717) is 0 Å². The Balaban J connectivity index is 2.69. The second-order valence-corrected chi connectivity index (χ2v) is 4.49. The van der Waals surface area contributed by atoms with Crippen molar-refractivity contribution in [3.05, 3.63) is 33.3 Å². The lowest BCUT2D eigenvalue weighted by Gasteiger charge is -1.99. The average Bonchev–Trinajstić information content (AvgIpc) is 2.38. The van der Waals surface area contributed by atoms with E-state index in [0.717, 1.165) is 0 Å². The first-order chi connectivity index (χ1) is 7.43. The molecule has 1 atom stereocenters. The number of carbonyl (C=O) groups is 3. The minimum atomic E-state index is -1.48. The van der Waals surface area contributed by atoms with E-state index in [4.69, 9.17) is 34.8 Å². The molecule has 16 heavy (non-hydrogen) atoms. The largest absolute Gasteiger partial charge is 0.293 e. The van der Waals surface area contributed by atoms with Gasteiger partial charge in [0.05, 0.1) is 5.02 Å². The van der Waals surface area contributed by atoms with Crippen LogP contribution in [0.4, 0.5) is 0 Å². The number of benzene rings is 1. The van der Waals surface area contributed by atoms with Crippen molar-refractivity contribution in [2.45, 2.75) is 0 Å². The van der Waals surface area contributed by atoms with Gasteiger partial charge >= 0.3 is 0 Å². The molecule has 0 N–H and O–H groups in total. The number of fused-ring (bicyclic) bond motifs is 1. The molecule has 6 heteroatoms. The smallest absolute Gasteiger partial charge is 0.240 e. The summed E-state index contributed by atoms with van der Waals surface area (Å²) in [5.74, 6) is -2.79. The lowest BCUT2D eigenvalue weighted by atomic mass is 10.1.